The summed E-state index contributed by atoms with van der Waals surface area (Å²) in [6.45, 7) is 12.7. The molecule has 31 heavy (non-hydrogen) atoms. The molecule has 166 valence electrons. The molecule has 2 aromatic rings. The molecule has 0 fully saturated rings. The zero-order valence-electron chi connectivity index (χ0n) is 19.2. The minimum atomic E-state index is -0.302. The van der Waals surface area contributed by atoms with Gasteiger partial charge in [0.15, 0.2) is 5.69 Å². The molecule has 7 heteroatoms. The van der Waals surface area contributed by atoms with Crippen LogP contribution in [-0.4, -0.2) is 21.6 Å². The van der Waals surface area contributed by atoms with E-state index in [4.69, 9.17) is 16.5 Å². The van der Waals surface area contributed by atoms with E-state index >= 15 is 0 Å². The summed E-state index contributed by atoms with van der Waals surface area (Å²) in [5.74, 6) is 5.58. The number of fused-ring (bicyclic) bond motifs is 1. The molecule has 0 bridgehead atoms. The lowest BCUT2D eigenvalue weighted by Gasteiger charge is -2.29. The molecule has 0 aliphatic heterocycles. The number of nitrogens with two attached hydrogens (primary N) is 2. The molecule has 4 N–H and O–H groups in total. The normalized spacial score (nSPS) is 15.5. The van der Waals surface area contributed by atoms with Crippen LogP contribution in [-0.2, 0) is 35.9 Å². The second-order valence-corrected chi connectivity index (χ2v) is 9.27. The monoisotopic (exact) mass is 423 g/mol. The number of aryl methyl sites for hydroxylation is 3. The molecule has 0 saturated heterocycles. The number of aliphatic imine (C=N–C) groups is 1. The summed E-state index contributed by atoms with van der Waals surface area (Å²) >= 11 is 0. The van der Waals surface area contributed by atoms with Crippen molar-refractivity contribution >= 4 is 17.5 Å². The van der Waals surface area contributed by atoms with Crippen molar-refractivity contribution in [3.05, 3.63) is 57.9 Å². The molecular weight excluding hydrogens is 390 g/mol. The van der Waals surface area contributed by atoms with Gasteiger partial charge in [-0.15, -0.1) is 0 Å². The first-order valence-electron chi connectivity index (χ1n) is 10.6. The second-order valence-electron chi connectivity index (χ2n) is 9.27. The zero-order chi connectivity index (χ0) is 22.9. The molecule has 0 atom stereocenters. The van der Waals surface area contributed by atoms with Crippen molar-refractivity contribution in [2.75, 3.05) is 0 Å². The van der Waals surface area contributed by atoms with Crippen LogP contribution < -0.4 is 11.6 Å². The molecule has 0 spiro atoms. The van der Waals surface area contributed by atoms with Gasteiger partial charge in [0, 0.05) is 30.3 Å². The number of carbonyl (C=O) groups excluding carboxylic acids is 1. The molecule has 1 amide bonds. The van der Waals surface area contributed by atoms with Gasteiger partial charge in [-0.25, -0.2) is 4.99 Å². The van der Waals surface area contributed by atoms with Gasteiger partial charge in [-0.1, -0.05) is 20.4 Å². The van der Waals surface area contributed by atoms with Crippen LogP contribution in [0.1, 0.15) is 65.9 Å². The molecule has 1 heterocycles. The summed E-state index contributed by atoms with van der Waals surface area (Å²) in [6.07, 6.45) is 3.88. The Hall–Kier alpha value is -2.93. The van der Waals surface area contributed by atoms with Gasteiger partial charge in [0.1, 0.15) is 0 Å². The van der Waals surface area contributed by atoms with E-state index in [0.29, 0.717) is 24.2 Å². The lowest BCUT2D eigenvalue weighted by atomic mass is 9.76. The quantitative estimate of drug-likeness (QED) is 0.422. The first-order chi connectivity index (χ1) is 14.5. The third-order valence-electron chi connectivity index (χ3n) is 6.17. The number of hydrogen-bond donors (Lipinski definition) is 2. The minimum Gasteiger partial charge on any atom is -0.389 e. The second kappa shape index (κ2) is 8.67. The van der Waals surface area contributed by atoms with Crippen molar-refractivity contribution in [2.24, 2.45) is 29.1 Å². The molecule has 3 rings (SSSR count). The highest BCUT2D eigenvalue weighted by molar-refractivity contribution is 5.97. The molecule has 0 unspecified atom stereocenters. The molecule has 1 aliphatic rings. The summed E-state index contributed by atoms with van der Waals surface area (Å²) in [5, 5.41) is 4.66. The van der Waals surface area contributed by atoms with E-state index in [2.05, 4.69) is 30.5 Å². The van der Waals surface area contributed by atoms with Crippen LogP contribution in [0, 0.1) is 19.3 Å². The van der Waals surface area contributed by atoms with Crippen molar-refractivity contribution in [1.82, 2.24) is 9.78 Å². The fraction of sp³-hybridized carbons (Fsp3) is 0.458. The van der Waals surface area contributed by atoms with E-state index in [1.54, 1.807) is 0 Å². The maximum atomic E-state index is 11.2. The smallest absolute Gasteiger partial charge is 0.266 e. The van der Waals surface area contributed by atoms with Gasteiger partial charge in [-0.05, 0) is 73.8 Å². The van der Waals surface area contributed by atoms with Crippen molar-refractivity contribution in [2.45, 2.75) is 59.8 Å². The Morgan fingerprint density at radius 1 is 1.32 bits per heavy atom. The van der Waals surface area contributed by atoms with E-state index < -0.39 is 0 Å². The lowest BCUT2D eigenvalue weighted by Crippen LogP contribution is -2.24. The summed E-state index contributed by atoms with van der Waals surface area (Å²) in [4.78, 5) is 20.9. The van der Waals surface area contributed by atoms with E-state index in [1.807, 2.05) is 37.7 Å². The van der Waals surface area contributed by atoms with Crippen LogP contribution >= 0.6 is 0 Å². The Kier molecular flexibility index (Phi) is 6.36. The Balaban J connectivity index is 1.92. The summed E-state index contributed by atoms with van der Waals surface area (Å²) in [5.41, 5.74) is 13.3. The van der Waals surface area contributed by atoms with Crippen LogP contribution in [0.2, 0.25) is 0 Å². The summed E-state index contributed by atoms with van der Waals surface area (Å²) in [7, 11) is 1.95. The average molecular weight is 424 g/mol. The van der Waals surface area contributed by atoms with Crippen molar-refractivity contribution in [3.63, 3.8) is 0 Å². The van der Waals surface area contributed by atoms with Crippen LogP contribution in [0.3, 0.4) is 0 Å². The Morgan fingerprint density at radius 3 is 2.55 bits per heavy atom. The van der Waals surface area contributed by atoms with Crippen molar-refractivity contribution < 1.29 is 9.63 Å². The SMILES string of the molecule is C=C(/N=C(\ON)c1nn(C)c2c1CCC(C)(C)C2)c1cc(C)c(CCC(N)=O)c(C)c1. The Morgan fingerprint density at radius 2 is 1.97 bits per heavy atom. The van der Waals surface area contributed by atoms with E-state index in [0.717, 1.165) is 47.1 Å². The van der Waals surface area contributed by atoms with Crippen LogP contribution in [0.15, 0.2) is 23.7 Å². The highest BCUT2D eigenvalue weighted by Crippen LogP contribution is 2.36. The van der Waals surface area contributed by atoms with Gasteiger partial charge in [0.05, 0.1) is 5.70 Å². The molecule has 1 aliphatic carbocycles. The molecular formula is C24H33N5O2. The molecule has 0 saturated carbocycles. The average Bonchev–Trinajstić information content (AvgIpc) is 2.99. The maximum absolute atomic E-state index is 11.2. The predicted molar refractivity (Wildman–Crippen MR) is 123 cm³/mol. The van der Waals surface area contributed by atoms with Gasteiger partial charge >= 0.3 is 0 Å². The zero-order valence-corrected chi connectivity index (χ0v) is 19.2. The number of aromatic nitrogens is 2. The van der Waals surface area contributed by atoms with E-state index in [1.165, 1.54) is 5.69 Å². The van der Waals surface area contributed by atoms with E-state index in [-0.39, 0.29) is 17.2 Å². The third kappa shape index (κ3) is 4.88. The topological polar surface area (TPSA) is 109 Å². The Bertz CT molecular complexity index is 1040. The number of carbonyl (C=O) groups is 1. The predicted octanol–water partition coefficient (Wildman–Crippen LogP) is 3.28. The standard InChI is InChI=1S/C24H33N5O2/c1-14-11-17(12-15(2)18(14)7-8-21(25)30)16(3)27-23(31-26)22-19-9-10-24(4,5)13-20(19)29(6)28-22/h11-12H,3,7-10,13,26H2,1-2,4-6H3,(H2,25,30)/b27-23-. The fourth-order valence-corrected chi connectivity index (χ4v) is 4.39. The number of nitrogens with zero attached hydrogens (tertiary/aromatic N) is 3. The minimum absolute atomic E-state index is 0.244. The van der Waals surface area contributed by atoms with Gasteiger partial charge in [-0.2, -0.15) is 11.0 Å². The summed E-state index contributed by atoms with van der Waals surface area (Å²) < 4.78 is 1.91. The van der Waals surface area contributed by atoms with Gasteiger partial charge < -0.3 is 10.6 Å². The highest BCUT2D eigenvalue weighted by Gasteiger charge is 2.32. The fourth-order valence-electron chi connectivity index (χ4n) is 4.39. The number of primary amides is 1. The van der Waals surface area contributed by atoms with Crippen LogP contribution in [0.5, 0.6) is 0 Å². The molecule has 1 aromatic heterocycles. The lowest BCUT2D eigenvalue weighted by molar-refractivity contribution is -0.117. The summed E-state index contributed by atoms with van der Waals surface area (Å²) in [6, 6.07) is 4.03. The van der Waals surface area contributed by atoms with Gasteiger partial charge in [-0.3, -0.25) is 9.48 Å². The molecule has 1 aromatic carbocycles. The molecule has 0 radical (unpaired) electrons. The van der Waals surface area contributed by atoms with Gasteiger partial charge in [0.25, 0.3) is 5.90 Å². The number of rotatable bonds is 6. The van der Waals surface area contributed by atoms with E-state index in [9.17, 15) is 4.79 Å². The van der Waals surface area contributed by atoms with Crippen LogP contribution in [0.25, 0.3) is 5.70 Å². The third-order valence-corrected chi connectivity index (χ3v) is 6.17. The van der Waals surface area contributed by atoms with Crippen molar-refractivity contribution in [3.8, 4) is 0 Å². The first-order valence-corrected chi connectivity index (χ1v) is 10.6. The van der Waals surface area contributed by atoms with Crippen LogP contribution in [0.4, 0.5) is 0 Å². The number of hydrogen-bond acceptors (Lipinski definition) is 5. The largest absolute Gasteiger partial charge is 0.389 e. The maximum Gasteiger partial charge on any atom is 0.266 e. The van der Waals surface area contributed by atoms with Crippen molar-refractivity contribution in [1.29, 1.82) is 0 Å². The first kappa shape index (κ1) is 22.7. The number of amides is 1. The Labute approximate surface area is 184 Å². The molecule has 7 nitrogen and oxygen atoms in total. The highest BCUT2D eigenvalue weighted by atomic mass is 16.6. The van der Waals surface area contributed by atoms with Gasteiger partial charge in [0.2, 0.25) is 5.91 Å². The number of benzene rings is 1.